The number of benzene rings is 3. The lowest BCUT2D eigenvalue weighted by Crippen LogP contribution is -1.99. The molecule has 1 heterocycles. The Morgan fingerprint density at radius 3 is 2.44 bits per heavy atom. The summed E-state index contributed by atoms with van der Waals surface area (Å²) in [5.74, 6) is 2.51. The Balaban J connectivity index is 0.000000658. The third-order valence-electron chi connectivity index (χ3n) is 5.79. The van der Waals surface area contributed by atoms with Crippen LogP contribution >= 0.6 is 0 Å². The van der Waals surface area contributed by atoms with E-state index in [-0.39, 0.29) is 0 Å². The van der Waals surface area contributed by atoms with Crippen LogP contribution in [0.4, 0.5) is 0 Å². The van der Waals surface area contributed by atoms with Crippen LogP contribution in [0.1, 0.15) is 50.1 Å². The third-order valence-corrected chi connectivity index (χ3v) is 5.79. The minimum atomic E-state index is 0.431. The normalized spacial score (nSPS) is 10.7. The van der Waals surface area contributed by atoms with Gasteiger partial charge in [-0.3, -0.25) is 4.79 Å². The third kappa shape index (κ3) is 7.22. The molecule has 5 heteroatoms. The highest BCUT2D eigenvalue weighted by molar-refractivity contribution is 5.93. The molecule has 0 atom stereocenters. The second-order valence-electron chi connectivity index (χ2n) is 9.08. The van der Waals surface area contributed by atoms with Gasteiger partial charge in [-0.2, -0.15) is 0 Å². The molecule has 0 saturated carbocycles. The van der Waals surface area contributed by atoms with Gasteiger partial charge in [-0.15, -0.1) is 0 Å². The number of ether oxygens (including phenoxy) is 2. The second-order valence-corrected chi connectivity index (χ2v) is 9.08. The lowest BCUT2D eigenvalue weighted by atomic mass is 9.98. The van der Waals surface area contributed by atoms with Crippen molar-refractivity contribution in [2.24, 2.45) is 11.7 Å². The minimum absolute atomic E-state index is 0.431. The van der Waals surface area contributed by atoms with Gasteiger partial charge in [-0.1, -0.05) is 57.2 Å². The average Bonchev–Trinajstić information content (AvgIpc) is 3.29. The standard InChI is InChI=1S/C28H31NO2.C3H6O2/c1-4-22-9-5-6-11-27(22)30-18-21-14-24-16-25(12-19(2)3)31-28(24)26(15-21)23-10-7-8-20(13-23)17-29;1-2-5-3-4/h5-11,13-16,19H,4,12,17-18,29H2,1-3H3;3H,2H2,1H3. The Morgan fingerprint density at radius 2 is 1.78 bits per heavy atom. The van der Waals surface area contributed by atoms with Crippen LogP contribution < -0.4 is 10.5 Å². The molecule has 190 valence electrons. The summed E-state index contributed by atoms with van der Waals surface area (Å²) >= 11 is 0. The molecule has 36 heavy (non-hydrogen) atoms. The van der Waals surface area contributed by atoms with Crippen molar-refractivity contribution in [3.05, 3.63) is 89.2 Å². The highest BCUT2D eigenvalue weighted by atomic mass is 16.5. The summed E-state index contributed by atoms with van der Waals surface area (Å²) in [6.07, 6.45) is 1.87. The molecule has 0 radical (unpaired) electrons. The van der Waals surface area contributed by atoms with Crippen LogP contribution in [0.5, 0.6) is 5.75 Å². The van der Waals surface area contributed by atoms with E-state index in [0.717, 1.165) is 57.6 Å². The first-order valence-electron chi connectivity index (χ1n) is 12.6. The van der Waals surface area contributed by atoms with Crippen LogP contribution in [-0.2, 0) is 35.5 Å². The van der Waals surface area contributed by atoms with E-state index in [2.05, 4.69) is 80.1 Å². The number of hydrogen-bond donors (Lipinski definition) is 1. The van der Waals surface area contributed by atoms with Crippen LogP contribution in [0.15, 0.2) is 71.1 Å². The van der Waals surface area contributed by atoms with Gasteiger partial charge in [0.1, 0.15) is 23.7 Å². The molecule has 4 aromatic rings. The predicted octanol–water partition coefficient (Wildman–Crippen LogP) is 7.08. The minimum Gasteiger partial charge on any atom is -0.489 e. The Kier molecular flexibility index (Phi) is 10.1. The molecule has 0 spiro atoms. The van der Waals surface area contributed by atoms with E-state index in [1.165, 1.54) is 5.56 Å². The molecule has 0 bridgehead atoms. The molecular formula is C31H37NO4. The zero-order valence-electron chi connectivity index (χ0n) is 21.8. The van der Waals surface area contributed by atoms with Crippen molar-refractivity contribution >= 4 is 17.4 Å². The number of aryl methyl sites for hydroxylation is 1. The van der Waals surface area contributed by atoms with Crippen molar-refractivity contribution < 1.29 is 18.7 Å². The maximum absolute atomic E-state index is 9.18. The Morgan fingerprint density at radius 1 is 0.972 bits per heavy atom. The SMILES string of the molecule is CCOC=O.CCc1ccccc1OCc1cc(-c2cccc(CN)c2)c2oc(CC(C)C)cc2c1. The first-order chi connectivity index (χ1) is 17.5. The van der Waals surface area contributed by atoms with Gasteiger partial charge in [-0.25, -0.2) is 0 Å². The van der Waals surface area contributed by atoms with Gasteiger partial charge < -0.3 is 19.6 Å². The zero-order chi connectivity index (χ0) is 25.9. The molecule has 3 aromatic carbocycles. The number of rotatable bonds is 10. The number of nitrogens with two attached hydrogens (primary N) is 1. The predicted molar refractivity (Wildman–Crippen MR) is 146 cm³/mol. The van der Waals surface area contributed by atoms with Gasteiger partial charge >= 0.3 is 0 Å². The average molecular weight is 488 g/mol. The lowest BCUT2D eigenvalue weighted by molar-refractivity contribution is -0.128. The molecule has 0 amide bonds. The fourth-order valence-corrected chi connectivity index (χ4v) is 4.10. The van der Waals surface area contributed by atoms with E-state index in [1.54, 1.807) is 6.92 Å². The molecule has 5 nitrogen and oxygen atoms in total. The zero-order valence-corrected chi connectivity index (χ0v) is 21.8. The van der Waals surface area contributed by atoms with Crippen molar-refractivity contribution in [1.82, 2.24) is 0 Å². The van der Waals surface area contributed by atoms with Crippen LogP contribution in [-0.4, -0.2) is 13.1 Å². The maximum atomic E-state index is 9.18. The van der Waals surface area contributed by atoms with Gasteiger partial charge in [0.05, 0.1) is 6.61 Å². The number of furan rings is 1. The van der Waals surface area contributed by atoms with E-state index in [9.17, 15) is 4.79 Å². The first-order valence-corrected chi connectivity index (χ1v) is 12.6. The summed E-state index contributed by atoms with van der Waals surface area (Å²) in [6.45, 7) is 10.3. The van der Waals surface area contributed by atoms with Crippen LogP contribution in [0, 0.1) is 5.92 Å². The van der Waals surface area contributed by atoms with Gasteiger partial charge in [0.15, 0.2) is 0 Å². The van der Waals surface area contributed by atoms with E-state index >= 15 is 0 Å². The fraction of sp³-hybridized carbons (Fsp3) is 0.323. The molecule has 0 aliphatic rings. The summed E-state index contributed by atoms with van der Waals surface area (Å²) in [7, 11) is 0. The van der Waals surface area contributed by atoms with Crippen molar-refractivity contribution in [1.29, 1.82) is 0 Å². The summed E-state index contributed by atoms with van der Waals surface area (Å²) in [6, 6.07) is 23.2. The number of carbonyl (C=O) groups excluding carboxylic acids is 1. The second kappa shape index (κ2) is 13.5. The van der Waals surface area contributed by atoms with E-state index in [4.69, 9.17) is 14.9 Å². The quantitative estimate of drug-likeness (QED) is 0.242. The highest BCUT2D eigenvalue weighted by Crippen LogP contribution is 2.34. The monoisotopic (exact) mass is 487 g/mol. The largest absolute Gasteiger partial charge is 0.489 e. The van der Waals surface area contributed by atoms with E-state index < -0.39 is 0 Å². The number of hydrogen-bond acceptors (Lipinski definition) is 5. The smallest absolute Gasteiger partial charge is 0.293 e. The Labute approximate surface area is 214 Å². The van der Waals surface area contributed by atoms with Crippen molar-refractivity contribution in [3.8, 4) is 16.9 Å². The molecule has 2 N–H and O–H groups in total. The van der Waals surface area contributed by atoms with Gasteiger partial charge in [0, 0.05) is 23.9 Å². The van der Waals surface area contributed by atoms with Gasteiger partial charge in [0.2, 0.25) is 0 Å². The summed E-state index contributed by atoms with van der Waals surface area (Å²) in [4.78, 5) is 9.18. The highest BCUT2D eigenvalue weighted by Gasteiger charge is 2.14. The van der Waals surface area contributed by atoms with Crippen LogP contribution in [0.2, 0.25) is 0 Å². The fourth-order valence-electron chi connectivity index (χ4n) is 4.10. The summed E-state index contributed by atoms with van der Waals surface area (Å²) < 4.78 is 16.7. The summed E-state index contributed by atoms with van der Waals surface area (Å²) in [5, 5.41) is 1.12. The Hall–Kier alpha value is -3.57. The van der Waals surface area contributed by atoms with Crippen molar-refractivity contribution in [2.45, 2.75) is 53.7 Å². The Bertz CT molecular complexity index is 1260. The van der Waals surface area contributed by atoms with Gasteiger partial charge in [0.25, 0.3) is 6.47 Å². The number of fused-ring (bicyclic) bond motifs is 1. The van der Waals surface area contributed by atoms with Crippen molar-refractivity contribution in [2.75, 3.05) is 6.61 Å². The molecule has 4 rings (SSSR count). The molecule has 1 aromatic heterocycles. The molecular weight excluding hydrogens is 450 g/mol. The maximum Gasteiger partial charge on any atom is 0.293 e. The number of para-hydroxylation sites is 1. The van der Waals surface area contributed by atoms with E-state index in [1.807, 2.05) is 12.1 Å². The van der Waals surface area contributed by atoms with Crippen molar-refractivity contribution in [3.63, 3.8) is 0 Å². The summed E-state index contributed by atoms with van der Waals surface area (Å²) in [5.41, 5.74) is 12.5. The molecule has 0 unspecified atom stereocenters. The van der Waals surface area contributed by atoms with E-state index in [0.29, 0.717) is 32.1 Å². The molecule has 0 fully saturated rings. The van der Waals surface area contributed by atoms with Crippen LogP contribution in [0.25, 0.3) is 22.1 Å². The topological polar surface area (TPSA) is 74.7 Å². The molecule has 0 aliphatic carbocycles. The molecule has 0 aliphatic heterocycles. The van der Waals surface area contributed by atoms with Gasteiger partial charge in [-0.05, 0) is 71.8 Å². The number of carbonyl (C=O) groups is 1. The van der Waals surface area contributed by atoms with Crippen LogP contribution in [0.3, 0.4) is 0 Å². The lowest BCUT2D eigenvalue weighted by Gasteiger charge is -2.12. The molecule has 0 saturated heterocycles. The first kappa shape index (κ1) is 27.0.